The molecule has 138 valence electrons. The number of benzene rings is 1. The van der Waals surface area contributed by atoms with E-state index in [-0.39, 0.29) is 30.5 Å². The van der Waals surface area contributed by atoms with Gasteiger partial charge in [-0.15, -0.1) is 0 Å². The van der Waals surface area contributed by atoms with Crippen LogP contribution in [-0.2, 0) is 4.74 Å². The van der Waals surface area contributed by atoms with Crippen LogP contribution < -0.4 is 5.32 Å². The SMILES string of the molecule is O=C(N[C@H]1CC[C@H](OCCO)CC1)c1ccc(-c2cccc(F)c2)nc1. The Bertz CT molecular complexity index is 728. The lowest BCUT2D eigenvalue weighted by molar-refractivity contribution is 0.00425. The molecule has 0 unspecified atom stereocenters. The van der Waals surface area contributed by atoms with Gasteiger partial charge in [0.2, 0.25) is 0 Å². The highest BCUT2D eigenvalue weighted by atomic mass is 19.1. The van der Waals surface area contributed by atoms with Crippen LogP contribution >= 0.6 is 0 Å². The molecule has 0 bridgehead atoms. The zero-order valence-electron chi connectivity index (χ0n) is 14.5. The Morgan fingerprint density at radius 3 is 2.69 bits per heavy atom. The van der Waals surface area contributed by atoms with Crippen molar-refractivity contribution in [3.8, 4) is 11.3 Å². The van der Waals surface area contributed by atoms with Gasteiger partial charge in [-0.1, -0.05) is 12.1 Å². The molecular weight excluding hydrogens is 335 g/mol. The third-order valence-electron chi connectivity index (χ3n) is 4.60. The molecule has 1 saturated carbocycles. The highest BCUT2D eigenvalue weighted by Gasteiger charge is 2.23. The number of rotatable bonds is 6. The van der Waals surface area contributed by atoms with Crippen molar-refractivity contribution in [1.82, 2.24) is 10.3 Å². The van der Waals surface area contributed by atoms with E-state index in [1.165, 1.54) is 18.3 Å². The second-order valence-electron chi connectivity index (χ2n) is 6.48. The van der Waals surface area contributed by atoms with E-state index in [4.69, 9.17) is 9.84 Å². The molecule has 0 atom stereocenters. The summed E-state index contributed by atoms with van der Waals surface area (Å²) in [6, 6.07) is 9.77. The maximum absolute atomic E-state index is 13.3. The molecule has 1 aliphatic rings. The number of amides is 1. The van der Waals surface area contributed by atoms with E-state index < -0.39 is 0 Å². The monoisotopic (exact) mass is 358 g/mol. The molecule has 1 heterocycles. The van der Waals surface area contributed by atoms with Crippen LogP contribution in [0.15, 0.2) is 42.6 Å². The van der Waals surface area contributed by atoms with Gasteiger partial charge in [0.05, 0.1) is 30.6 Å². The minimum absolute atomic E-state index is 0.0370. The summed E-state index contributed by atoms with van der Waals surface area (Å²) in [5.41, 5.74) is 1.80. The molecule has 0 aliphatic heterocycles. The first-order chi connectivity index (χ1) is 12.7. The molecule has 5 nitrogen and oxygen atoms in total. The number of nitrogens with zero attached hydrogens (tertiary/aromatic N) is 1. The van der Waals surface area contributed by atoms with Gasteiger partial charge in [-0.05, 0) is 49.9 Å². The van der Waals surface area contributed by atoms with Crippen molar-refractivity contribution in [2.24, 2.45) is 0 Å². The summed E-state index contributed by atoms with van der Waals surface area (Å²) < 4.78 is 18.8. The van der Waals surface area contributed by atoms with Crippen LogP contribution in [0.4, 0.5) is 4.39 Å². The van der Waals surface area contributed by atoms with Crippen LogP contribution in [0.3, 0.4) is 0 Å². The van der Waals surface area contributed by atoms with E-state index in [9.17, 15) is 9.18 Å². The van der Waals surface area contributed by atoms with Crippen LogP contribution in [0.2, 0.25) is 0 Å². The number of aliphatic hydroxyl groups excluding tert-OH is 1. The van der Waals surface area contributed by atoms with Crippen LogP contribution in [0.25, 0.3) is 11.3 Å². The predicted molar refractivity (Wildman–Crippen MR) is 96.2 cm³/mol. The van der Waals surface area contributed by atoms with Crippen molar-refractivity contribution in [3.63, 3.8) is 0 Å². The Morgan fingerprint density at radius 1 is 1.23 bits per heavy atom. The van der Waals surface area contributed by atoms with Gasteiger partial charge < -0.3 is 15.2 Å². The van der Waals surface area contributed by atoms with Gasteiger partial charge in [0, 0.05) is 17.8 Å². The Morgan fingerprint density at radius 2 is 2.04 bits per heavy atom. The van der Waals surface area contributed by atoms with Crippen molar-refractivity contribution in [2.45, 2.75) is 37.8 Å². The molecule has 1 fully saturated rings. The number of carbonyl (C=O) groups is 1. The zero-order chi connectivity index (χ0) is 18.4. The summed E-state index contributed by atoms with van der Waals surface area (Å²) in [7, 11) is 0. The zero-order valence-corrected chi connectivity index (χ0v) is 14.5. The minimum Gasteiger partial charge on any atom is -0.394 e. The second kappa shape index (κ2) is 8.87. The Hall–Kier alpha value is -2.31. The summed E-state index contributed by atoms with van der Waals surface area (Å²) in [5, 5.41) is 11.8. The van der Waals surface area contributed by atoms with Crippen molar-refractivity contribution in [1.29, 1.82) is 0 Å². The largest absolute Gasteiger partial charge is 0.394 e. The molecule has 1 aliphatic carbocycles. The highest BCUT2D eigenvalue weighted by Crippen LogP contribution is 2.22. The van der Waals surface area contributed by atoms with Crippen LogP contribution in [0.5, 0.6) is 0 Å². The van der Waals surface area contributed by atoms with Crippen molar-refractivity contribution in [3.05, 3.63) is 54.0 Å². The van der Waals surface area contributed by atoms with Crippen molar-refractivity contribution < 1.29 is 19.0 Å². The molecule has 3 rings (SSSR count). The molecule has 6 heteroatoms. The second-order valence-corrected chi connectivity index (χ2v) is 6.48. The lowest BCUT2D eigenvalue weighted by Crippen LogP contribution is -2.39. The summed E-state index contributed by atoms with van der Waals surface area (Å²) in [4.78, 5) is 16.7. The van der Waals surface area contributed by atoms with Crippen LogP contribution in [-0.4, -0.2) is 41.4 Å². The van der Waals surface area contributed by atoms with Gasteiger partial charge in [-0.3, -0.25) is 9.78 Å². The number of ether oxygens (including phenoxy) is 1. The average Bonchev–Trinajstić information content (AvgIpc) is 2.67. The Balaban J connectivity index is 1.54. The first-order valence-corrected chi connectivity index (χ1v) is 8.91. The number of carbonyl (C=O) groups excluding carboxylic acids is 1. The Labute approximate surface area is 152 Å². The number of aromatic nitrogens is 1. The standard InChI is InChI=1S/C20H23FN2O3/c21-16-3-1-2-14(12-16)19-9-4-15(13-22-19)20(25)23-17-5-7-18(8-6-17)26-11-10-24/h1-4,9,12-13,17-18,24H,5-8,10-11H2,(H,23,25)/t17-,18-. The third kappa shape index (κ3) is 4.86. The molecule has 0 spiro atoms. The van der Waals surface area contributed by atoms with Crippen LogP contribution in [0.1, 0.15) is 36.0 Å². The van der Waals surface area contributed by atoms with Gasteiger partial charge in [-0.2, -0.15) is 0 Å². The van der Waals surface area contributed by atoms with E-state index in [1.807, 2.05) is 0 Å². The lowest BCUT2D eigenvalue weighted by Gasteiger charge is -2.29. The summed E-state index contributed by atoms with van der Waals surface area (Å²) in [5.74, 6) is -0.465. The molecule has 1 aromatic heterocycles. The number of hydrogen-bond donors (Lipinski definition) is 2. The third-order valence-corrected chi connectivity index (χ3v) is 4.60. The average molecular weight is 358 g/mol. The fourth-order valence-electron chi connectivity index (χ4n) is 3.21. The summed E-state index contributed by atoms with van der Waals surface area (Å²) >= 11 is 0. The molecule has 1 aromatic carbocycles. The van der Waals surface area contributed by atoms with Gasteiger partial charge in [-0.25, -0.2) is 4.39 Å². The smallest absolute Gasteiger partial charge is 0.253 e. The minimum atomic E-state index is -0.315. The van der Waals surface area contributed by atoms with E-state index in [0.29, 0.717) is 23.4 Å². The summed E-state index contributed by atoms with van der Waals surface area (Å²) in [6.45, 7) is 0.403. The number of hydrogen-bond acceptors (Lipinski definition) is 4. The molecule has 0 saturated heterocycles. The van der Waals surface area contributed by atoms with Crippen molar-refractivity contribution >= 4 is 5.91 Å². The Kier molecular flexibility index (Phi) is 6.30. The van der Waals surface area contributed by atoms with E-state index in [2.05, 4.69) is 10.3 Å². The molecule has 26 heavy (non-hydrogen) atoms. The first kappa shape index (κ1) is 18.5. The van der Waals surface area contributed by atoms with Gasteiger partial charge in [0.1, 0.15) is 5.82 Å². The number of pyridine rings is 1. The normalized spacial score (nSPS) is 19.9. The van der Waals surface area contributed by atoms with Gasteiger partial charge >= 0.3 is 0 Å². The quantitative estimate of drug-likeness (QED) is 0.833. The predicted octanol–water partition coefficient (Wildman–Crippen LogP) is 2.94. The molecular formula is C20H23FN2O3. The molecule has 2 N–H and O–H groups in total. The first-order valence-electron chi connectivity index (χ1n) is 8.91. The molecule has 0 radical (unpaired) electrons. The maximum Gasteiger partial charge on any atom is 0.253 e. The topological polar surface area (TPSA) is 71.5 Å². The van der Waals surface area contributed by atoms with Crippen molar-refractivity contribution in [2.75, 3.05) is 13.2 Å². The van der Waals surface area contributed by atoms with Gasteiger partial charge in [0.15, 0.2) is 0 Å². The molecule has 2 aromatic rings. The number of nitrogens with one attached hydrogen (secondary N) is 1. The van der Waals surface area contributed by atoms with Crippen LogP contribution in [0, 0.1) is 5.82 Å². The van der Waals surface area contributed by atoms with E-state index >= 15 is 0 Å². The van der Waals surface area contributed by atoms with Gasteiger partial charge in [0.25, 0.3) is 5.91 Å². The fourth-order valence-corrected chi connectivity index (χ4v) is 3.21. The maximum atomic E-state index is 13.3. The van der Waals surface area contributed by atoms with E-state index in [1.54, 1.807) is 24.3 Å². The number of halogens is 1. The fraction of sp³-hybridized carbons (Fsp3) is 0.400. The molecule has 1 amide bonds. The lowest BCUT2D eigenvalue weighted by atomic mass is 9.92. The van der Waals surface area contributed by atoms with E-state index in [0.717, 1.165) is 25.7 Å². The highest BCUT2D eigenvalue weighted by molar-refractivity contribution is 5.94. The summed E-state index contributed by atoms with van der Waals surface area (Å²) in [6.07, 6.45) is 5.16. The number of aliphatic hydroxyl groups is 1.